The molecule has 1 aromatic heterocycles. The first-order chi connectivity index (χ1) is 12.2. The van der Waals surface area contributed by atoms with Crippen LogP contribution in [0.3, 0.4) is 0 Å². The van der Waals surface area contributed by atoms with E-state index in [2.05, 4.69) is 20.6 Å². The van der Waals surface area contributed by atoms with E-state index in [9.17, 15) is 9.18 Å². The van der Waals surface area contributed by atoms with E-state index in [-0.39, 0.29) is 24.0 Å². The number of benzene rings is 2. The lowest BCUT2D eigenvalue weighted by Gasteiger charge is -2.08. The Morgan fingerprint density at radius 1 is 0.960 bits per heavy atom. The minimum Gasteiger partial charge on any atom is -0.366 e. The summed E-state index contributed by atoms with van der Waals surface area (Å²) in [6.07, 6.45) is 1.31. The molecule has 0 unspecified atom stereocenters. The van der Waals surface area contributed by atoms with Crippen molar-refractivity contribution in [2.24, 2.45) is 0 Å². The second kappa shape index (κ2) is 8.01. The number of aromatic nitrogens is 2. The molecule has 0 saturated carbocycles. The summed E-state index contributed by atoms with van der Waals surface area (Å²) >= 11 is 0. The quantitative estimate of drug-likeness (QED) is 0.726. The van der Waals surface area contributed by atoms with Gasteiger partial charge in [0.15, 0.2) is 0 Å². The van der Waals surface area contributed by atoms with E-state index < -0.39 is 0 Å². The first-order valence-electron chi connectivity index (χ1n) is 7.84. The fourth-order valence-corrected chi connectivity index (χ4v) is 2.27. The van der Waals surface area contributed by atoms with Crippen LogP contribution in [-0.4, -0.2) is 15.9 Å². The Labute approximate surface area is 145 Å². The smallest absolute Gasteiger partial charge is 0.270 e. The second-order valence-corrected chi connectivity index (χ2v) is 5.40. The number of rotatable bonds is 6. The van der Waals surface area contributed by atoms with Gasteiger partial charge in [-0.05, 0) is 11.6 Å². The summed E-state index contributed by atoms with van der Waals surface area (Å²) in [7, 11) is 0. The van der Waals surface area contributed by atoms with Crippen molar-refractivity contribution in [1.29, 1.82) is 0 Å². The molecule has 0 atom stereocenters. The maximum Gasteiger partial charge on any atom is 0.270 e. The molecule has 5 nitrogen and oxygen atoms in total. The van der Waals surface area contributed by atoms with E-state index in [1.807, 2.05) is 30.3 Å². The minimum absolute atomic E-state index is 0.252. The lowest BCUT2D eigenvalue weighted by atomic mass is 10.2. The first kappa shape index (κ1) is 16.6. The number of halogens is 1. The summed E-state index contributed by atoms with van der Waals surface area (Å²) in [6, 6.07) is 17.7. The van der Waals surface area contributed by atoms with Crippen molar-refractivity contribution >= 4 is 11.7 Å². The zero-order chi connectivity index (χ0) is 17.5. The van der Waals surface area contributed by atoms with Crippen LogP contribution in [0.25, 0.3) is 0 Å². The number of hydrogen-bond donors (Lipinski definition) is 2. The number of amides is 1. The van der Waals surface area contributed by atoms with E-state index in [0.29, 0.717) is 17.9 Å². The van der Waals surface area contributed by atoms with Crippen molar-refractivity contribution in [2.75, 3.05) is 5.32 Å². The van der Waals surface area contributed by atoms with E-state index >= 15 is 0 Å². The fraction of sp³-hybridized carbons (Fsp3) is 0.105. The molecule has 0 aliphatic rings. The molecule has 0 aliphatic heterocycles. The summed E-state index contributed by atoms with van der Waals surface area (Å²) in [6.45, 7) is 0.691. The van der Waals surface area contributed by atoms with E-state index in [0.717, 1.165) is 5.56 Å². The highest BCUT2D eigenvalue weighted by molar-refractivity contribution is 5.92. The average Bonchev–Trinajstić information content (AvgIpc) is 2.66. The van der Waals surface area contributed by atoms with Gasteiger partial charge in [-0.2, -0.15) is 0 Å². The first-order valence-corrected chi connectivity index (χ1v) is 7.84. The Balaban J connectivity index is 1.61. The maximum absolute atomic E-state index is 13.6. The van der Waals surface area contributed by atoms with Gasteiger partial charge in [0.25, 0.3) is 5.91 Å². The third-order valence-electron chi connectivity index (χ3n) is 3.61. The molecular formula is C19H17FN4O. The SMILES string of the molecule is O=C(NCc1ccccc1)c1cc(NCc2ccccc2F)ncn1. The van der Waals surface area contributed by atoms with Gasteiger partial charge < -0.3 is 10.6 Å². The largest absolute Gasteiger partial charge is 0.366 e. The highest BCUT2D eigenvalue weighted by Gasteiger charge is 2.09. The molecule has 0 bridgehead atoms. The molecule has 1 amide bonds. The predicted octanol–water partition coefficient (Wildman–Crippen LogP) is 3.16. The molecule has 3 aromatic rings. The van der Waals surface area contributed by atoms with Gasteiger partial charge in [-0.3, -0.25) is 4.79 Å². The lowest BCUT2D eigenvalue weighted by Crippen LogP contribution is -2.24. The number of carbonyl (C=O) groups is 1. The molecule has 0 spiro atoms. The molecule has 0 aliphatic carbocycles. The molecule has 3 rings (SSSR count). The number of nitrogens with one attached hydrogen (secondary N) is 2. The van der Waals surface area contributed by atoms with Gasteiger partial charge in [0.1, 0.15) is 23.7 Å². The Morgan fingerprint density at radius 2 is 1.72 bits per heavy atom. The molecule has 1 heterocycles. The summed E-state index contributed by atoms with van der Waals surface area (Å²) < 4.78 is 13.6. The second-order valence-electron chi connectivity index (χ2n) is 5.40. The Kier molecular flexibility index (Phi) is 5.31. The van der Waals surface area contributed by atoms with Crippen molar-refractivity contribution in [1.82, 2.24) is 15.3 Å². The number of nitrogens with zero attached hydrogens (tertiary/aromatic N) is 2. The number of anilines is 1. The number of carbonyl (C=O) groups excluding carboxylic acids is 1. The molecule has 2 N–H and O–H groups in total. The van der Waals surface area contributed by atoms with Gasteiger partial charge in [0.2, 0.25) is 0 Å². The summed E-state index contributed by atoms with van der Waals surface area (Å²) in [5, 5.41) is 5.81. The monoisotopic (exact) mass is 336 g/mol. The van der Waals surface area contributed by atoms with Crippen LogP contribution in [0.15, 0.2) is 67.0 Å². The van der Waals surface area contributed by atoms with Gasteiger partial charge in [-0.1, -0.05) is 48.5 Å². The van der Waals surface area contributed by atoms with Crippen molar-refractivity contribution in [3.05, 3.63) is 89.6 Å². The minimum atomic E-state index is -0.291. The van der Waals surface area contributed by atoms with Gasteiger partial charge in [0.05, 0.1) is 0 Å². The highest BCUT2D eigenvalue weighted by Crippen LogP contribution is 2.10. The molecule has 6 heteroatoms. The molecule has 0 fully saturated rings. The van der Waals surface area contributed by atoms with Crippen LogP contribution in [0, 0.1) is 5.82 Å². The van der Waals surface area contributed by atoms with Crippen molar-refractivity contribution < 1.29 is 9.18 Å². The Morgan fingerprint density at radius 3 is 2.52 bits per heavy atom. The van der Waals surface area contributed by atoms with Crippen LogP contribution < -0.4 is 10.6 Å². The van der Waals surface area contributed by atoms with Crippen LogP contribution >= 0.6 is 0 Å². The summed E-state index contributed by atoms with van der Waals surface area (Å²) in [5.74, 6) is -0.117. The normalized spacial score (nSPS) is 10.3. The Bertz CT molecular complexity index is 855. The summed E-state index contributed by atoms with van der Waals surface area (Å²) in [5.41, 5.74) is 1.78. The van der Waals surface area contributed by atoms with Crippen LogP contribution in [-0.2, 0) is 13.1 Å². The molecular weight excluding hydrogens is 319 g/mol. The van der Waals surface area contributed by atoms with E-state index in [1.54, 1.807) is 24.3 Å². The highest BCUT2D eigenvalue weighted by atomic mass is 19.1. The van der Waals surface area contributed by atoms with Gasteiger partial charge in [-0.25, -0.2) is 14.4 Å². The van der Waals surface area contributed by atoms with Crippen molar-refractivity contribution in [2.45, 2.75) is 13.1 Å². The predicted molar refractivity (Wildman–Crippen MR) is 93.4 cm³/mol. The fourth-order valence-electron chi connectivity index (χ4n) is 2.27. The molecule has 126 valence electrons. The van der Waals surface area contributed by atoms with Crippen LogP contribution in [0.4, 0.5) is 10.2 Å². The van der Waals surface area contributed by atoms with E-state index in [1.165, 1.54) is 12.4 Å². The zero-order valence-corrected chi connectivity index (χ0v) is 13.4. The zero-order valence-electron chi connectivity index (χ0n) is 13.4. The van der Waals surface area contributed by atoms with Crippen LogP contribution in [0.5, 0.6) is 0 Å². The third kappa shape index (κ3) is 4.60. The van der Waals surface area contributed by atoms with Crippen LogP contribution in [0.2, 0.25) is 0 Å². The van der Waals surface area contributed by atoms with Gasteiger partial charge >= 0.3 is 0 Å². The van der Waals surface area contributed by atoms with Gasteiger partial charge in [-0.15, -0.1) is 0 Å². The lowest BCUT2D eigenvalue weighted by molar-refractivity contribution is 0.0946. The molecule has 0 radical (unpaired) electrons. The topological polar surface area (TPSA) is 66.9 Å². The maximum atomic E-state index is 13.6. The van der Waals surface area contributed by atoms with E-state index in [4.69, 9.17) is 0 Å². The standard InChI is InChI=1S/C19H17FN4O/c20-16-9-5-4-8-15(16)12-21-18-10-17(23-13-24-18)19(25)22-11-14-6-2-1-3-7-14/h1-10,13H,11-12H2,(H,22,25)(H,21,23,24). The number of hydrogen-bond acceptors (Lipinski definition) is 4. The molecule has 25 heavy (non-hydrogen) atoms. The Hall–Kier alpha value is -3.28. The van der Waals surface area contributed by atoms with Crippen molar-refractivity contribution in [3.63, 3.8) is 0 Å². The third-order valence-corrected chi connectivity index (χ3v) is 3.61. The van der Waals surface area contributed by atoms with Gasteiger partial charge in [0, 0.05) is 24.7 Å². The molecule has 0 saturated heterocycles. The van der Waals surface area contributed by atoms with Crippen molar-refractivity contribution in [3.8, 4) is 0 Å². The molecule has 2 aromatic carbocycles. The average molecular weight is 336 g/mol. The van der Waals surface area contributed by atoms with Crippen LogP contribution in [0.1, 0.15) is 21.6 Å². The summed E-state index contributed by atoms with van der Waals surface area (Å²) in [4.78, 5) is 20.3.